The van der Waals surface area contributed by atoms with Crippen LogP contribution in [-0.4, -0.2) is 30.6 Å². The van der Waals surface area contributed by atoms with Gasteiger partial charge < -0.3 is 5.32 Å². The highest BCUT2D eigenvalue weighted by molar-refractivity contribution is 5.20. The molecule has 0 heterocycles. The van der Waals surface area contributed by atoms with E-state index in [1.54, 1.807) is 0 Å². The van der Waals surface area contributed by atoms with E-state index in [1.165, 1.54) is 12.0 Å². The van der Waals surface area contributed by atoms with Gasteiger partial charge in [0.05, 0.1) is 0 Å². The summed E-state index contributed by atoms with van der Waals surface area (Å²) in [6.45, 7) is 12.4. The molecule has 2 nitrogen and oxygen atoms in total. The van der Waals surface area contributed by atoms with Crippen LogP contribution in [0.5, 0.6) is 0 Å². The molecular weight excluding hydrogens is 244 g/mol. The van der Waals surface area contributed by atoms with Gasteiger partial charge in [0.15, 0.2) is 0 Å². The Labute approximate surface area is 125 Å². The highest BCUT2D eigenvalue weighted by Gasteiger charge is 2.25. The van der Waals surface area contributed by atoms with Crippen molar-refractivity contribution in [2.45, 2.75) is 59.2 Å². The van der Waals surface area contributed by atoms with Crippen LogP contribution < -0.4 is 5.32 Å². The van der Waals surface area contributed by atoms with Crippen molar-refractivity contribution in [2.24, 2.45) is 5.92 Å². The van der Waals surface area contributed by atoms with Gasteiger partial charge in [0, 0.05) is 18.1 Å². The zero-order valence-corrected chi connectivity index (χ0v) is 14.1. The van der Waals surface area contributed by atoms with Crippen LogP contribution in [0.1, 0.15) is 52.6 Å². The number of benzene rings is 1. The first-order valence-electron chi connectivity index (χ1n) is 7.97. The molecule has 1 aromatic rings. The van der Waals surface area contributed by atoms with Crippen LogP contribution in [0.4, 0.5) is 0 Å². The van der Waals surface area contributed by atoms with Crippen molar-refractivity contribution in [2.75, 3.05) is 13.6 Å². The van der Waals surface area contributed by atoms with Gasteiger partial charge in [0.2, 0.25) is 0 Å². The van der Waals surface area contributed by atoms with E-state index in [9.17, 15) is 0 Å². The Morgan fingerprint density at radius 3 is 2.15 bits per heavy atom. The standard InChI is InChI=1S/C18H32N2/c1-7-19-18(17-11-9-8-10-12-17)16(5)20(6)15(4)13-14(2)3/h8-12,14-16,18-19H,7,13H2,1-6H3. The van der Waals surface area contributed by atoms with E-state index in [2.05, 4.69) is 82.2 Å². The van der Waals surface area contributed by atoms with Crippen LogP contribution in [0.2, 0.25) is 0 Å². The molecule has 3 unspecified atom stereocenters. The number of nitrogens with one attached hydrogen (secondary N) is 1. The Morgan fingerprint density at radius 1 is 1.05 bits per heavy atom. The zero-order valence-electron chi connectivity index (χ0n) is 14.1. The van der Waals surface area contributed by atoms with E-state index in [-0.39, 0.29) is 0 Å². The summed E-state index contributed by atoms with van der Waals surface area (Å²) in [5.41, 5.74) is 1.38. The van der Waals surface area contributed by atoms with E-state index in [4.69, 9.17) is 0 Å². The topological polar surface area (TPSA) is 15.3 Å². The molecule has 0 fully saturated rings. The van der Waals surface area contributed by atoms with Crippen molar-refractivity contribution in [1.29, 1.82) is 0 Å². The third kappa shape index (κ3) is 4.92. The van der Waals surface area contributed by atoms with E-state index >= 15 is 0 Å². The molecule has 3 atom stereocenters. The summed E-state index contributed by atoms with van der Waals surface area (Å²) < 4.78 is 0. The molecule has 0 aromatic heterocycles. The predicted molar refractivity (Wildman–Crippen MR) is 89.0 cm³/mol. The fourth-order valence-electron chi connectivity index (χ4n) is 2.93. The number of hydrogen-bond acceptors (Lipinski definition) is 2. The summed E-state index contributed by atoms with van der Waals surface area (Å²) in [5.74, 6) is 0.744. The van der Waals surface area contributed by atoms with Gasteiger partial charge in [0.25, 0.3) is 0 Å². The van der Waals surface area contributed by atoms with E-state index < -0.39 is 0 Å². The maximum absolute atomic E-state index is 3.65. The molecule has 0 aliphatic rings. The van der Waals surface area contributed by atoms with Gasteiger partial charge in [-0.25, -0.2) is 0 Å². The molecule has 0 saturated carbocycles. The second kappa shape index (κ2) is 8.43. The first-order valence-corrected chi connectivity index (χ1v) is 7.97. The summed E-state index contributed by atoms with van der Waals surface area (Å²) in [4.78, 5) is 2.51. The van der Waals surface area contributed by atoms with Crippen molar-refractivity contribution in [3.05, 3.63) is 35.9 Å². The Morgan fingerprint density at radius 2 is 1.65 bits per heavy atom. The van der Waals surface area contributed by atoms with E-state index in [0.29, 0.717) is 18.1 Å². The fraction of sp³-hybridized carbons (Fsp3) is 0.667. The maximum atomic E-state index is 3.65. The quantitative estimate of drug-likeness (QED) is 0.769. The van der Waals surface area contributed by atoms with Crippen molar-refractivity contribution in [3.63, 3.8) is 0 Å². The largest absolute Gasteiger partial charge is 0.309 e. The third-order valence-electron chi connectivity index (χ3n) is 4.22. The number of nitrogens with zero attached hydrogens (tertiary/aromatic N) is 1. The Bertz CT molecular complexity index is 361. The maximum Gasteiger partial charge on any atom is 0.0475 e. The van der Waals surface area contributed by atoms with E-state index in [0.717, 1.165) is 12.5 Å². The Balaban J connectivity index is 2.80. The summed E-state index contributed by atoms with van der Waals surface area (Å²) in [6, 6.07) is 12.3. The number of likely N-dealkylation sites (N-methyl/N-ethyl adjacent to an activating group) is 2. The summed E-state index contributed by atoms with van der Waals surface area (Å²) in [7, 11) is 2.25. The lowest BCUT2D eigenvalue weighted by atomic mass is 9.96. The minimum Gasteiger partial charge on any atom is -0.309 e. The molecule has 0 bridgehead atoms. The number of rotatable bonds is 8. The molecular formula is C18H32N2. The molecule has 114 valence electrons. The SMILES string of the molecule is CCNC(c1ccccc1)C(C)N(C)C(C)CC(C)C. The lowest BCUT2D eigenvalue weighted by Gasteiger charge is -2.37. The van der Waals surface area contributed by atoms with Crippen molar-refractivity contribution in [3.8, 4) is 0 Å². The van der Waals surface area contributed by atoms with Crippen LogP contribution >= 0.6 is 0 Å². The first-order chi connectivity index (χ1) is 9.47. The second-order valence-corrected chi connectivity index (χ2v) is 6.33. The molecule has 0 aliphatic carbocycles. The van der Waals surface area contributed by atoms with Crippen LogP contribution in [-0.2, 0) is 0 Å². The third-order valence-corrected chi connectivity index (χ3v) is 4.22. The molecule has 1 rings (SSSR count). The fourth-order valence-corrected chi connectivity index (χ4v) is 2.93. The smallest absolute Gasteiger partial charge is 0.0475 e. The minimum absolute atomic E-state index is 0.390. The van der Waals surface area contributed by atoms with Gasteiger partial charge in [-0.3, -0.25) is 4.90 Å². The monoisotopic (exact) mass is 276 g/mol. The lowest BCUT2D eigenvalue weighted by molar-refractivity contribution is 0.143. The molecule has 1 aromatic carbocycles. The van der Waals surface area contributed by atoms with Crippen molar-refractivity contribution >= 4 is 0 Å². The molecule has 1 N–H and O–H groups in total. The Kier molecular flexibility index (Phi) is 7.25. The van der Waals surface area contributed by atoms with E-state index in [1.807, 2.05) is 0 Å². The first kappa shape index (κ1) is 17.2. The van der Waals surface area contributed by atoms with Crippen LogP contribution in [0.25, 0.3) is 0 Å². The van der Waals surface area contributed by atoms with Crippen LogP contribution in [0.15, 0.2) is 30.3 Å². The number of hydrogen-bond donors (Lipinski definition) is 1. The minimum atomic E-state index is 0.390. The molecule has 20 heavy (non-hydrogen) atoms. The highest BCUT2D eigenvalue weighted by Crippen LogP contribution is 2.23. The van der Waals surface area contributed by atoms with Gasteiger partial charge in [-0.1, -0.05) is 51.1 Å². The van der Waals surface area contributed by atoms with Crippen molar-refractivity contribution < 1.29 is 0 Å². The Hall–Kier alpha value is -0.860. The normalized spacial score (nSPS) is 16.4. The molecule has 2 heteroatoms. The highest BCUT2D eigenvalue weighted by atomic mass is 15.2. The molecule has 0 radical (unpaired) electrons. The van der Waals surface area contributed by atoms with Gasteiger partial charge in [-0.2, -0.15) is 0 Å². The van der Waals surface area contributed by atoms with Gasteiger partial charge in [0.1, 0.15) is 0 Å². The van der Waals surface area contributed by atoms with Crippen LogP contribution in [0, 0.1) is 5.92 Å². The average molecular weight is 276 g/mol. The van der Waals surface area contributed by atoms with Gasteiger partial charge in [-0.05, 0) is 45.3 Å². The summed E-state index contributed by atoms with van der Waals surface area (Å²) >= 11 is 0. The molecule has 0 aliphatic heterocycles. The van der Waals surface area contributed by atoms with Gasteiger partial charge in [-0.15, -0.1) is 0 Å². The summed E-state index contributed by atoms with van der Waals surface area (Å²) in [6.07, 6.45) is 1.24. The predicted octanol–water partition coefficient (Wildman–Crippen LogP) is 4.09. The summed E-state index contributed by atoms with van der Waals surface area (Å²) in [5, 5.41) is 3.65. The molecule has 0 spiro atoms. The van der Waals surface area contributed by atoms with Gasteiger partial charge >= 0.3 is 0 Å². The zero-order chi connectivity index (χ0) is 15.1. The lowest BCUT2D eigenvalue weighted by Crippen LogP contribution is -2.45. The average Bonchev–Trinajstić information content (AvgIpc) is 2.43. The van der Waals surface area contributed by atoms with Crippen molar-refractivity contribution in [1.82, 2.24) is 10.2 Å². The second-order valence-electron chi connectivity index (χ2n) is 6.33. The molecule has 0 amide bonds. The van der Waals surface area contributed by atoms with Crippen LogP contribution in [0.3, 0.4) is 0 Å². The molecule has 0 saturated heterocycles.